The highest BCUT2D eigenvalue weighted by Gasteiger charge is 2.38. The second-order valence-corrected chi connectivity index (χ2v) is 7.88. The highest BCUT2D eigenvalue weighted by atomic mass is 32.2. The molecule has 2 aliphatic rings. The fourth-order valence-corrected chi connectivity index (χ4v) is 5.04. The zero-order valence-electron chi connectivity index (χ0n) is 13.1. The van der Waals surface area contributed by atoms with Crippen LogP contribution in [0.15, 0.2) is 24.4 Å². The largest absolute Gasteiger partial charge is 0.338 e. The molecule has 1 saturated heterocycles. The van der Waals surface area contributed by atoms with E-state index in [0.29, 0.717) is 11.3 Å². The minimum atomic E-state index is 0.0983. The summed E-state index contributed by atoms with van der Waals surface area (Å²) in [7, 11) is 0. The standard InChI is InChI=1S/C17H25N3OS/c21-16(19-11-7-15-6-2-5-10-18-15)20-12-13-22-17(14-20)8-3-1-4-9-17/h2,5-6,10H,1,3-4,7-9,11-14H2,(H,19,21). The Bertz CT molecular complexity index is 482. The fraction of sp³-hybridized carbons (Fsp3) is 0.647. The van der Waals surface area contributed by atoms with Gasteiger partial charge in [-0.05, 0) is 25.0 Å². The number of pyridine rings is 1. The van der Waals surface area contributed by atoms with E-state index in [2.05, 4.69) is 22.1 Å². The van der Waals surface area contributed by atoms with Crippen LogP contribution >= 0.6 is 11.8 Å². The Morgan fingerprint density at radius 3 is 2.95 bits per heavy atom. The summed E-state index contributed by atoms with van der Waals surface area (Å²) in [6.45, 7) is 2.46. The van der Waals surface area contributed by atoms with Gasteiger partial charge in [0.15, 0.2) is 0 Å². The zero-order valence-corrected chi connectivity index (χ0v) is 13.9. The molecule has 0 bridgehead atoms. The van der Waals surface area contributed by atoms with Crippen LogP contribution in [-0.4, -0.2) is 46.0 Å². The van der Waals surface area contributed by atoms with Crippen molar-refractivity contribution in [2.24, 2.45) is 0 Å². The third-order valence-electron chi connectivity index (χ3n) is 4.68. The third-order valence-corrected chi connectivity index (χ3v) is 6.22. The van der Waals surface area contributed by atoms with E-state index in [0.717, 1.165) is 31.0 Å². The lowest BCUT2D eigenvalue weighted by Gasteiger charge is -2.44. The van der Waals surface area contributed by atoms with E-state index in [1.807, 2.05) is 23.1 Å². The van der Waals surface area contributed by atoms with Gasteiger partial charge in [-0.15, -0.1) is 0 Å². The van der Waals surface area contributed by atoms with Crippen LogP contribution in [0.1, 0.15) is 37.8 Å². The number of nitrogens with one attached hydrogen (secondary N) is 1. The topological polar surface area (TPSA) is 45.2 Å². The van der Waals surface area contributed by atoms with Crippen molar-refractivity contribution in [2.45, 2.75) is 43.3 Å². The molecule has 1 spiro atoms. The number of carbonyl (C=O) groups excluding carboxylic acids is 1. The van der Waals surface area contributed by atoms with Crippen molar-refractivity contribution >= 4 is 17.8 Å². The first-order valence-corrected chi connectivity index (χ1v) is 9.33. The van der Waals surface area contributed by atoms with Crippen LogP contribution in [0.25, 0.3) is 0 Å². The maximum absolute atomic E-state index is 12.4. The highest BCUT2D eigenvalue weighted by molar-refractivity contribution is 8.00. The van der Waals surface area contributed by atoms with Crippen molar-refractivity contribution in [1.29, 1.82) is 0 Å². The maximum atomic E-state index is 12.4. The van der Waals surface area contributed by atoms with Gasteiger partial charge in [-0.3, -0.25) is 4.98 Å². The van der Waals surface area contributed by atoms with Gasteiger partial charge in [0.25, 0.3) is 0 Å². The van der Waals surface area contributed by atoms with Gasteiger partial charge < -0.3 is 10.2 Å². The van der Waals surface area contributed by atoms with Gasteiger partial charge in [0.05, 0.1) is 0 Å². The van der Waals surface area contributed by atoms with Crippen molar-refractivity contribution in [3.05, 3.63) is 30.1 Å². The average Bonchev–Trinajstić information content (AvgIpc) is 2.56. The Hall–Kier alpha value is -1.23. The zero-order chi connectivity index (χ0) is 15.3. The molecule has 0 radical (unpaired) electrons. The summed E-state index contributed by atoms with van der Waals surface area (Å²) in [5.74, 6) is 1.08. The van der Waals surface area contributed by atoms with E-state index in [1.54, 1.807) is 6.20 Å². The molecule has 5 heteroatoms. The van der Waals surface area contributed by atoms with Crippen LogP contribution in [0.4, 0.5) is 4.79 Å². The van der Waals surface area contributed by atoms with Crippen molar-refractivity contribution in [1.82, 2.24) is 15.2 Å². The smallest absolute Gasteiger partial charge is 0.317 e. The lowest BCUT2D eigenvalue weighted by atomic mass is 9.87. The minimum Gasteiger partial charge on any atom is -0.338 e. The second-order valence-electron chi connectivity index (χ2n) is 6.32. The molecular formula is C17H25N3OS. The number of rotatable bonds is 3. The number of urea groups is 1. The van der Waals surface area contributed by atoms with Crippen LogP contribution in [-0.2, 0) is 6.42 Å². The first-order chi connectivity index (χ1) is 10.8. The normalized spacial score (nSPS) is 20.8. The number of carbonyl (C=O) groups is 1. The highest BCUT2D eigenvalue weighted by Crippen LogP contribution is 2.42. The first kappa shape index (κ1) is 15.7. The van der Waals surface area contributed by atoms with Crippen LogP contribution < -0.4 is 5.32 Å². The fourth-order valence-electron chi connectivity index (χ4n) is 3.47. The molecule has 120 valence electrons. The molecule has 0 aromatic carbocycles. The monoisotopic (exact) mass is 319 g/mol. The van der Waals surface area contributed by atoms with E-state index in [4.69, 9.17) is 0 Å². The SMILES string of the molecule is O=C(NCCc1ccccn1)N1CCSC2(CCCCC2)C1. The summed E-state index contributed by atoms with van der Waals surface area (Å²) < 4.78 is 0.342. The van der Waals surface area contributed by atoms with E-state index < -0.39 is 0 Å². The van der Waals surface area contributed by atoms with E-state index in [9.17, 15) is 4.79 Å². The molecule has 0 unspecified atom stereocenters. The molecular weight excluding hydrogens is 294 g/mol. The lowest BCUT2D eigenvalue weighted by molar-refractivity contribution is 0.185. The van der Waals surface area contributed by atoms with E-state index >= 15 is 0 Å². The molecule has 2 amide bonds. The van der Waals surface area contributed by atoms with E-state index in [-0.39, 0.29) is 6.03 Å². The molecule has 22 heavy (non-hydrogen) atoms. The second kappa shape index (κ2) is 7.36. The van der Waals surface area contributed by atoms with Crippen LogP contribution in [0.3, 0.4) is 0 Å². The Morgan fingerprint density at radius 2 is 2.18 bits per heavy atom. The van der Waals surface area contributed by atoms with Crippen LogP contribution in [0, 0.1) is 0 Å². The van der Waals surface area contributed by atoms with E-state index in [1.165, 1.54) is 32.1 Å². The van der Waals surface area contributed by atoms with Gasteiger partial charge >= 0.3 is 6.03 Å². The summed E-state index contributed by atoms with van der Waals surface area (Å²) in [4.78, 5) is 18.7. The summed E-state index contributed by atoms with van der Waals surface area (Å²) in [5.41, 5.74) is 1.03. The molecule has 3 rings (SSSR count). The van der Waals surface area contributed by atoms with Crippen molar-refractivity contribution < 1.29 is 4.79 Å². The Kier molecular flexibility index (Phi) is 5.24. The summed E-state index contributed by atoms with van der Waals surface area (Å²) >= 11 is 2.10. The van der Waals surface area contributed by atoms with Gasteiger partial charge in [0.2, 0.25) is 0 Å². The third kappa shape index (κ3) is 3.94. The minimum absolute atomic E-state index is 0.0983. The molecule has 4 nitrogen and oxygen atoms in total. The average molecular weight is 319 g/mol. The van der Waals surface area contributed by atoms with Crippen molar-refractivity contribution in [3.63, 3.8) is 0 Å². The number of hydrogen-bond donors (Lipinski definition) is 1. The van der Waals surface area contributed by atoms with Gasteiger partial charge in [0.1, 0.15) is 0 Å². The number of amides is 2. The van der Waals surface area contributed by atoms with Gasteiger partial charge in [-0.25, -0.2) is 4.79 Å². The van der Waals surface area contributed by atoms with Gasteiger partial charge in [0, 0.05) is 48.4 Å². The van der Waals surface area contributed by atoms with Crippen LogP contribution in [0.5, 0.6) is 0 Å². The van der Waals surface area contributed by atoms with Crippen molar-refractivity contribution in [2.75, 3.05) is 25.4 Å². The number of aromatic nitrogens is 1. The van der Waals surface area contributed by atoms with Crippen molar-refractivity contribution in [3.8, 4) is 0 Å². The van der Waals surface area contributed by atoms with Gasteiger partial charge in [-0.1, -0.05) is 25.3 Å². The molecule has 1 saturated carbocycles. The summed E-state index contributed by atoms with van der Waals surface area (Å²) in [6.07, 6.45) is 9.14. The predicted octanol–water partition coefficient (Wildman–Crippen LogP) is 3.09. The molecule has 1 aromatic heterocycles. The van der Waals surface area contributed by atoms with Gasteiger partial charge in [-0.2, -0.15) is 11.8 Å². The summed E-state index contributed by atoms with van der Waals surface area (Å²) in [6, 6.07) is 6.00. The lowest BCUT2D eigenvalue weighted by Crippen LogP contribution is -2.53. The molecule has 1 N–H and O–H groups in total. The predicted molar refractivity (Wildman–Crippen MR) is 91.2 cm³/mol. The molecule has 1 aliphatic carbocycles. The molecule has 1 aliphatic heterocycles. The Morgan fingerprint density at radius 1 is 1.32 bits per heavy atom. The number of nitrogens with zero attached hydrogens (tertiary/aromatic N) is 2. The Balaban J connectivity index is 1.47. The molecule has 1 aromatic rings. The number of thioether (sulfide) groups is 1. The quantitative estimate of drug-likeness (QED) is 0.931. The first-order valence-electron chi connectivity index (χ1n) is 8.34. The maximum Gasteiger partial charge on any atom is 0.317 e. The number of hydrogen-bond acceptors (Lipinski definition) is 3. The molecule has 0 atom stereocenters. The summed E-state index contributed by atoms with van der Waals surface area (Å²) in [5, 5.41) is 3.06. The molecule has 2 fully saturated rings. The van der Waals surface area contributed by atoms with Crippen LogP contribution in [0.2, 0.25) is 0 Å². The Labute approximate surface area is 137 Å². The molecule has 2 heterocycles.